The van der Waals surface area contributed by atoms with E-state index in [1.807, 2.05) is 0 Å². The molecular formula is C45H42N14O16S4. The molecule has 0 spiro atoms. The lowest BCUT2D eigenvalue weighted by atomic mass is 9.97. The summed E-state index contributed by atoms with van der Waals surface area (Å²) < 4.78 is 133. The van der Waals surface area contributed by atoms with Crippen molar-refractivity contribution in [2.24, 2.45) is 52.7 Å². The molecule has 0 fully saturated rings. The molecule has 1 heterocycles. The van der Waals surface area contributed by atoms with Crippen LogP contribution in [-0.2, 0) is 50.1 Å². The third kappa shape index (κ3) is 16.1. The summed E-state index contributed by atoms with van der Waals surface area (Å²) in [5, 5.41) is 57.6. The van der Waals surface area contributed by atoms with Crippen LogP contribution in [0.4, 0.5) is 52.0 Å². The lowest BCUT2D eigenvalue weighted by molar-refractivity contribution is -0.136. The van der Waals surface area contributed by atoms with Crippen LogP contribution in [0.5, 0.6) is 0 Å². The van der Waals surface area contributed by atoms with Crippen LogP contribution in [0, 0.1) is 11.8 Å². The quantitative estimate of drug-likeness (QED) is 0.0251. The number of hydrogen-bond acceptors (Lipinski definition) is 24. The average Bonchev–Trinajstić information content (AvgIpc) is 3.38. The van der Waals surface area contributed by atoms with Crippen LogP contribution < -0.4 is 15.5 Å². The van der Waals surface area contributed by atoms with Gasteiger partial charge in [-0.3, -0.25) is 27.8 Å². The van der Waals surface area contributed by atoms with E-state index >= 15 is 0 Å². The zero-order valence-corrected chi connectivity index (χ0v) is 43.9. The van der Waals surface area contributed by atoms with E-state index in [2.05, 4.69) is 66.5 Å². The summed E-state index contributed by atoms with van der Waals surface area (Å²) in [6, 6.07) is 16.4. The van der Waals surface area contributed by atoms with Crippen LogP contribution in [0.2, 0.25) is 0 Å². The molecule has 34 heteroatoms. The van der Waals surface area contributed by atoms with Gasteiger partial charge in [0.2, 0.25) is 17.8 Å². The molecule has 412 valence electrons. The standard InChI is InChI=1S/C45H42N14O16S4/c1-25-19-29(7-15-35(25)55-57-37-17-9-31(21-39(37)78(70,71)72)53-51-27-3-11-33(12-4-27)76(64,65)66)46-43-48-44(50-45(49-43)59(23-41(60)61)24-42(62)63)47-30-8-16-36(26(2)20-30)56-58-38-18-10-32(22-40(38)79(73,74)75)54-52-28-5-13-34(14-6-28)77(67,68)69/h3-18,21-22,25-26H,19-20,23-24H2,1-2H3,(H,60,61)(H,62,63)(H,64,65,66)(H,67,68,69)(H,70,71,72)(H,73,74,75)(H2,46,47,48,49,50)/t25-,26?/m1/s1. The first kappa shape index (κ1) is 57.9. The summed E-state index contributed by atoms with van der Waals surface area (Å²) >= 11 is 0. The van der Waals surface area contributed by atoms with Gasteiger partial charge in [-0.25, -0.2) is 0 Å². The lowest BCUT2D eigenvalue weighted by Gasteiger charge is -2.23. The third-order valence-electron chi connectivity index (χ3n) is 10.9. The van der Waals surface area contributed by atoms with Gasteiger partial charge in [0.15, 0.2) is 0 Å². The predicted octanol–water partition coefficient (Wildman–Crippen LogP) is 8.67. The van der Waals surface area contributed by atoms with Crippen LogP contribution in [-0.4, -0.2) is 102 Å². The number of carboxylic acids is 2. The summed E-state index contributed by atoms with van der Waals surface area (Å²) in [5.41, 5.74) is 1.46. The normalized spacial score (nSPS) is 16.4. The fraction of sp³-hybridized carbons (Fsp3) is 0.178. The third-order valence-corrected chi connectivity index (χ3v) is 14.4. The van der Waals surface area contributed by atoms with Crippen molar-refractivity contribution in [2.45, 2.75) is 46.3 Å². The van der Waals surface area contributed by atoms with Gasteiger partial charge in [-0.2, -0.15) is 79.3 Å². The second-order valence-electron chi connectivity index (χ2n) is 16.9. The highest BCUT2D eigenvalue weighted by Gasteiger charge is 2.25. The number of carbonyl (C=O) groups is 2. The van der Waals surface area contributed by atoms with E-state index in [1.165, 1.54) is 48.5 Å². The summed E-state index contributed by atoms with van der Waals surface area (Å²) in [5.74, 6) is -4.19. The molecule has 0 amide bonds. The minimum atomic E-state index is -4.88. The number of hydrogen-bond donors (Lipinski definition) is 8. The fourth-order valence-electron chi connectivity index (χ4n) is 7.12. The highest BCUT2D eigenvalue weighted by atomic mass is 32.2. The number of carboxylic acid groups (broad SMARTS) is 2. The topological polar surface area (TPSA) is 457 Å². The summed E-state index contributed by atoms with van der Waals surface area (Å²) in [6.07, 6.45) is 6.71. The highest BCUT2D eigenvalue weighted by molar-refractivity contribution is 7.86. The Bertz CT molecular complexity index is 3710. The Kier molecular flexibility index (Phi) is 17.5. The minimum absolute atomic E-state index is 0.0297. The van der Waals surface area contributed by atoms with Gasteiger partial charge in [-0.1, -0.05) is 13.8 Å². The Hall–Kier alpha value is -8.77. The number of nitrogens with one attached hydrogen (secondary N) is 2. The van der Waals surface area contributed by atoms with E-state index in [0.717, 1.165) is 41.3 Å². The maximum atomic E-state index is 12.4. The number of nitrogens with zero attached hydrogens (tertiary/aromatic N) is 12. The van der Waals surface area contributed by atoms with Crippen LogP contribution in [0.3, 0.4) is 0 Å². The van der Waals surface area contributed by atoms with E-state index in [-0.39, 0.29) is 74.6 Å². The van der Waals surface area contributed by atoms with Crippen molar-refractivity contribution in [3.63, 3.8) is 0 Å². The van der Waals surface area contributed by atoms with Crippen molar-refractivity contribution in [2.75, 3.05) is 28.6 Å². The molecule has 7 rings (SSSR count). The molecular weight excluding hydrogens is 1120 g/mol. The SMILES string of the molecule is CC1CC(Nc2nc(NC3=CC=C(N=Nc4ccc(N=Nc5ccc(S(=O)(=O)O)cc5)cc4S(=O)(=O)O)[C@H](C)C3)nc(N(CC(=O)O)CC(=O)O)n2)=CC=C1N=Nc1ccc(N=Nc2ccc(S(=O)(=O)O)cc2)cc1S(=O)(=O)O. The van der Waals surface area contributed by atoms with E-state index in [0.29, 0.717) is 22.8 Å². The van der Waals surface area contributed by atoms with Crippen LogP contribution in [0.1, 0.15) is 26.7 Å². The molecule has 4 aromatic carbocycles. The Labute approximate surface area is 448 Å². The van der Waals surface area contributed by atoms with Crippen molar-refractivity contribution >= 4 is 104 Å². The second kappa shape index (κ2) is 23.9. The molecule has 8 N–H and O–H groups in total. The van der Waals surface area contributed by atoms with Crippen molar-refractivity contribution in [3.8, 4) is 0 Å². The molecule has 2 aliphatic rings. The second-order valence-corrected chi connectivity index (χ2v) is 22.6. The largest absolute Gasteiger partial charge is 0.480 e. The molecule has 0 saturated heterocycles. The zero-order chi connectivity index (χ0) is 57.5. The van der Waals surface area contributed by atoms with Crippen molar-refractivity contribution in [1.29, 1.82) is 0 Å². The minimum Gasteiger partial charge on any atom is -0.480 e. The van der Waals surface area contributed by atoms with E-state index in [9.17, 15) is 71.7 Å². The summed E-state index contributed by atoms with van der Waals surface area (Å²) in [7, 11) is -18.7. The Balaban J connectivity index is 1.10. The maximum Gasteiger partial charge on any atom is 0.323 e. The molecule has 79 heavy (non-hydrogen) atoms. The molecule has 1 unspecified atom stereocenters. The Morgan fingerprint density at radius 1 is 0.494 bits per heavy atom. The summed E-state index contributed by atoms with van der Waals surface area (Å²) in [6.45, 7) is 1.91. The molecule has 5 aromatic rings. The molecule has 0 radical (unpaired) electrons. The number of aliphatic carboxylic acids is 2. The molecule has 30 nitrogen and oxygen atoms in total. The number of rotatable bonds is 21. The van der Waals surface area contributed by atoms with Gasteiger partial charge in [-0.05, 0) is 122 Å². The van der Waals surface area contributed by atoms with Crippen molar-refractivity contribution in [3.05, 3.63) is 132 Å². The van der Waals surface area contributed by atoms with Crippen LogP contribution in [0.15, 0.2) is 193 Å². The van der Waals surface area contributed by atoms with E-state index in [4.69, 9.17) is 0 Å². The first-order chi connectivity index (χ1) is 37.1. The van der Waals surface area contributed by atoms with Crippen LogP contribution in [0.25, 0.3) is 0 Å². The molecule has 0 saturated carbocycles. The Morgan fingerprint density at radius 3 is 1.18 bits per heavy atom. The van der Waals surface area contributed by atoms with Gasteiger partial charge in [0.1, 0.15) is 34.3 Å². The van der Waals surface area contributed by atoms with Gasteiger partial charge in [0.05, 0.1) is 43.9 Å². The number of aromatic nitrogens is 3. The molecule has 2 atom stereocenters. The molecule has 2 aliphatic carbocycles. The number of azo groups is 4. The van der Waals surface area contributed by atoms with E-state index < -0.39 is 87.1 Å². The van der Waals surface area contributed by atoms with Gasteiger partial charge in [0, 0.05) is 23.2 Å². The first-order valence-electron chi connectivity index (χ1n) is 22.4. The molecule has 0 bridgehead atoms. The van der Waals surface area contributed by atoms with Crippen LogP contribution >= 0.6 is 0 Å². The van der Waals surface area contributed by atoms with Crippen molar-refractivity contribution in [1.82, 2.24) is 15.0 Å². The maximum absolute atomic E-state index is 12.4. The van der Waals surface area contributed by atoms with Gasteiger partial charge in [0.25, 0.3) is 40.5 Å². The fourth-order valence-corrected chi connectivity index (χ4v) is 9.36. The lowest BCUT2D eigenvalue weighted by Crippen LogP contribution is -2.36. The number of benzene rings is 4. The van der Waals surface area contributed by atoms with Crippen molar-refractivity contribution < 1.29 is 71.7 Å². The smallest absolute Gasteiger partial charge is 0.323 e. The average molecular weight is 1160 g/mol. The molecule has 0 aliphatic heterocycles. The van der Waals surface area contributed by atoms with Gasteiger partial charge < -0.3 is 25.7 Å². The predicted molar refractivity (Wildman–Crippen MR) is 277 cm³/mol. The summed E-state index contributed by atoms with van der Waals surface area (Å²) in [4.78, 5) is 35.6. The Morgan fingerprint density at radius 2 is 0.848 bits per heavy atom. The van der Waals surface area contributed by atoms with Gasteiger partial charge >= 0.3 is 11.9 Å². The number of anilines is 3. The first-order valence-corrected chi connectivity index (χ1v) is 28.2. The van der Waals surface area contributed by atoms with E-state index in [1.54, 1.807) is 38.2 Å². The highest BCUT2D eigenvalue weighted by Crippen LogP contribution is 2.35. The zero-order valence-electron chi connectivity index (χ0n) is 40.6. The number of allylic oxidation sites excluding steroid dienone is 8. The molecule has 1 aromatic heterocycles. The monoisotopic (exact) mass is 1160 g/mol. The van der Waals surface area contributed by atoms with Gasteiger partial charge in [-0.15, -0.1) is 10.2 Å².